The molecule has 0 aliphatic rings. The van der Waals surface area contributed by atoms with Crippen LogP contribution in [0.15, 0.2) is 36.4 Å². The van der Waals surface area contributed by atoms with Gasteiger partial charge in [0, 0.05) is 22.2 Å². The van der Waals surface area contributed by atoms with Crippen molar-refractivity contribution in [3.8, 4) is 0 Å². The SMILES string of the molecule is Cc1cccc(C(O)c2ccc(F)cc2F)c1Cl. The Balaban J connectivity index is 2.48. The van der Waals surface area contributed by atoms with E-state index in [0.29, 0.717) is 10.6 Å². The standard InChI is InChI=1S/C14H11ClF2O/c1-8-3-2-4-11(13(8)15)14(18)10-6-5-9(16)7-12(10)17/h2-7,14,18H,1H3. The van der Waals surface area contributed by atoms with Gasteiger partial charge < -0.3 is 5.11 Å². The maximum atomic E-state index is 13.6. The molecule has 1 nitrogen and oxygen atoms in total. The zero-order valence-corrected chi connectivity index (χ0v) is 10.4. The minimum Gasteiger partial charge on any atom is -0.383 e. The van der Waals surface area contributed by atoms with Gasteiger partial charge in [0.05, 0.1) is 0 Å². The van der Waals surface area contributed by atoms with Gasteiger partial charge in [0.1, 0.15) is 17.7 Å². The topological polar surface area (TPSA) is 20.2 Å². The van der Waals surface area contributed by atoms with Crippen molar-refractivity contribution < 1.29 is 13.9 Å². The van der Waals surface area contributed by atoms with Crippen molar-refractivity contribution in [1.29, 1.82) is 0 Å². The summed E-state index contributed by atoms with van der Waals surface area (Å²) in [7, 11) is 0. The van der Waals surface area contributed by atoms with Crippen LogP contribution in [0.2, 0.25) is 5.02 Å². The molecule has 0 bridgehead atoms. The lowest BCUT2D eigenvalue weighted by Gasteiger charge is -2.15. The summed E-state index contributed by atoms with van der Waals surface area (Å²) in [5.74, 6) is -1.47. The van der Waals surface area contributed by atoms with E-state index in [1.54, 1.807) is 25.1 Å². The normalized spacial score (nSPS) is 12.5. The molecule has 2 aromatic rings. The first-order chi connectivity index (χ1) is 8.50. The highest BCUT2D eigenvalue weighted by Crippen LogP contribution is 2.31. The molecule has 2 aromatic carbocycles. The van der Waals surface area contributed by atoms with E-state index in [1.165, 1.54) is 6.07 Å². The second-order valence-electron chi connectivity index (χ2n) is 4.05. The highest BCUT2D eigenvalue weighted by Gasteiger charge is 2.18. The van der Waals surface area contributed by atoms with Crippen molar-refractivity contribution in [3.05, 3.63) is 69.7 Å². The molecular weight excluding hydrogens is 258 g/mol. The molecule has 0 saturated carbocycles. The van der Waals surface area contributed by atoms with Crippen molar-refractivity contribution in [2.75, 3.05) is 0 Å². The van der Waals surface area contributed by atoms with Gasteiger partial charge in [-0.15, -0.1) is 0 Å². The molecule has 1 unspecified atom stereocenters. The number of halogens is 3. The van der Waals surface area contributed by atoms with E-state index < -0.39 is 17.7 Å². The van der Waals surface area contributed by atoms with Crippen LogP contribution in [0.3, 0.4) is 0 Å². The van der Waals surface area contributed by atoms with Crippen molar-refractivity contribution in [2.24, 2.45) is 0 Å². The third-order valence-electron chi connectivity index (χ3n) is 2.77. The van der Waals surface area contributed by atoms with Crippen LogP contribution in [0.4, 0.5) is 8.78 Å². The number of hydrogen-bond acceptors (Lipinski definition) is 1. The Morgan fingerprint density at radius 3 is 2.50 bits per heavy atom. The van der Waals surface area contributed by atoms with E-state index in [2.05, 4.69) is 0 Å². The molecule has 4 heteroatoms. The van der Waals surface area contributed by atoms with Crippen molar-refractivity contribution in [1.82, 2.24) is 0 Å². The summed E-state index contributed by atoms with van der Waals surface area (Å²) >= 11 is 6.07. The molecule has 0 spiro atoms. The lowest BCUT2D eigenvalue weighted by molar-refractivity contribution is 0.214. The first kappa shape index (κ1) is 13.0. The summed E-state index contributed by atoms with van der Waals surface area (Å²) in [4.78, 5) is 0. The molecule has 0 heterocycles. The summed E-state index contributed by atoms with van der Waals surface area (Å²) < 4.78 is 26.4. The highest BCUT2D eigenvalue weighted by atomic mass is 35.5. The van der Waals surface area contributed by atoms with Gasteiger partial charge in [-0.05, 0) is 18.6 Å². The highest BCUT2D eigenvalue weighted by molar-refractivity contribution is 6.32. The summed E-state index contributed by atoms with van der Waals surface area (Å²) in [6.45, 7) is 1.79. The second kappa shape index (κ2) is 5.04. The van der Waals surface area contributed by atoms with Gasteiger partial charge in [0.25, 0.3) is 0 Å². The van der Waals surface area contributed by atoms with Crippen LogP contribution in [0.5, 0.6) is 0 Å². The quantitative estimate of drug-likeness (QED) is 0.873. The Bertz CT molecular complexity index is 584. The predicted molar refractivity (Wildman–Crippen MR) is 66.6 cm³/mol. The van der Waals surface area contributed by atoms with Gasteiger partial charge in [-0.25, -0.2) is 8.78 Å². The first-order valence-corrected chi connectivity index (χ1v) is 5.76. The monoisotopic (exact) mass is 268 g/mol. The molecule has 0 aliphatic carbocycles. The fraction of sp³-hybridized carbons (Fsp3) is 0.143. The largest absolute Gasteiger partial charge is 0.383 e. The van der Waals surface area contributed by atoms with Crippen LogP contribution >= 0.6 is 11.6 Å². The predicted octanol–water partition coefficient (Wildman–Crippen LogP) is 4.01. The van der Waals surface area contributed by atoms with Crippen LogP contribution in [0.1, 0.15) is 22.8 Å². The summed E-state index contributed by atoms with van der Waals surface area (Å²) in [6.07, 6.45) is -1.21. The summed E-state index contributed by atoms with van der Waals surface area (Å²) in [5.41, 5.74) is 1.20. The number of benzene rings is 2. The fourth-order valence-corrected chi connectivity index (χ4v) is 2.00. The minimum atomic E-state index is -1.21. The zero-order chi connectivity index (χ0) is 13.3. The first-order valence-electron chi connectivity index (χ1n) is 5.38. The minimum absolute atomic E-state index is 0.00361. The Morgan fingerprint density at radius 2 is 1.83 bits per heavy atom. The Labute approximate surface area is 109 Å². The zero-order valence-electron chi connectivity index (χ0n) is 9.62. The molecule has 0 aliphatic heterocycles. The number of aryl methyl sites for hydroxylation is 1. The average molecular weight is 269 g/mol. The molecule has 1 atom stereocenters. The number of hydrogen-bond donors (Lipinski definition) is 1. The molecule has 0 fully saturated rings. The maximum absolute atomic E-state index is 13.6. The average Bonchev–Trinajstić information content (AvgIpc) is 2.32. The van der Waals surface area contributed by atoms with E-state index in [1.807, 2.05) is 0 Å². The molecule has 2 rings (SSSR count). The van der Waals surface area contributed by atoms with Crippen molar-refractivity contribution >= 4 is 11.6 Å². The maximum Gasteiger partial charge on any atom is 0.132 e. The van der Waals surface area contributed by atoms with Gasteiger partial charge in [-0.1, -0.05) is 35.9 Å². The molecule has 18 heavy (non-hydrogen) atoms. The van der Waals surface area contributed by atoms with Crippen LogP contribution < -0.4 is 0 Å². The van der Waals surface area contributed by atoms with Gasteiger partial charge >= 0.3 is 0 Å². The third kappa shape index (κ3) is 2.37. The van der Waals surface area contributed by atoms with E-state index in [-0.39, 0.29) is 5.56 Å². The molecule has 0 amide bonds. The van der Waals surface area contributed by atoms with Gasteiger partial charge in [-0.2, -0.15) is 0 Å². The molecule has 0 aromatic heterocycles. The summed E-state index contributed by atoms with van der Waals surface area (Å²) in [5, 5.41) is 10.5. The van der Waals surface area contributed by atoms with Crippen LogP contribution in [0.25, 0.3) is 0 Å². The van der Waals surface area contributed by atoms with Crippen LogP contribution in [0, 0.1) is 18.6 Å². The summed E-state index contributed by atoms with van der Waals surface area (Å²) in [6, 6.07) is 8.19. The van der Waals surface area contributed by atoms with E-state index in [4.69, 9.17) is 11.6 Å². The van der Waals surface area contributed by atoms with Gasteiger partial charge in [0.2, 0.25) is 0 Å². The molecule has 94 valence electrons. The second-order valence-corrected chi connectivity index (χ2v) is 4.42. The lowest BCUT2D eigenvalue weighted by Crippen LogP contribution is -2.04. The number of rotatable bonds is 2. The number of aliphatic hydroxyl groups is 1. The van der Waals surface area contributed by atoms with E-state index >= 15 is 0 Å². The van der Waals surface area contributed by atoms with Crippen LogP contribution in [-0.4, -0.2) is 5.11 Å². The van der Waals surface area contributed by atoms with Gasteiger partial charge in [0.15, 0.2) is 0 Å². The van der Waals surface area contributed by atoms with Crippen molar-refractivity contribution in [3.63, 3.8) is 0 Å². The lowest BCUT2D eigenvalue weighted by atomic mass is 9.99. The molecule has 0 radical (unpaired) electrons. The smallest absolute Gasteiger partial charge is 0.132 e. The van der Waals surface area contributed by atoms with Crippen LogP contribution in [-0.2, 0) is 0 Å². The molecular formula is C14H11ClF2O. The van der Waals surface area contributed by atoms with E-state index in [0.717, 1.165) is 17.7 Å². The Kier molecular flexibility index (Phi) is 3.64. The Morgan fingerprint density at radius 1 is 1.11 bits per heavy atom. The Hall–Kier alpha value is -1.45. The van der Waals surface area contributed by atoms with Crippen molar-refractivity contribution in [2.45, 2.75) is 13.0 Å². The number of aliphatic hydroxyl groups excluding tert-OH is 1. The molecule has 1 N–H and O–H groups in total. The molecule has 0 saturated heterocycles. The fourth-order valence-electron chi connectivity index (χ4n) is 1.77. The van der Waals surface area contributed by atoms with Gasteiger partial charge in [-0.3, -0.25) is 0 Å². The third-order valence-corrected chi connectivity index (χ3v) is 3.29. The van der Waals surface area contributed by atoms with E-state index in [9.17, 15) is 13.9 Å².